The van der Waals surface area contributed by atoms with Gasteiger partial charge in [-0.25, -0.2) is 8.42 Å². The molecule has 0 amide bonds. The van der Waals surface area contributed by atoms with Crippen molar-refractivity contribution in [1.82, 2.24) is 0 Å². The van der Waals surface area contributed by atoms with E-state index in [1.807, 2.05) is 44.2 Å². The van der Waals surface area contributed by atoms with Gasteiger partial charge in [0.15, 0.2) is 21.4 Å². The second kappa shape index (κ2) is 10.9. The van der Waals surface area contributed by atoms with Crippen LogP contribution in [0.4, 0.5) is 0 Å². The summed E-state index contributed by atoms with van der Waals surface area (Å²) in [7, 11) is -4.21. The lowest BCUT2D eigenvalue weighted by molar-refractivity contribution is 0.0879. The quantitative estimate of drug-likeness (QED) is 0.216. The van der Waals surface area contributed by atoms with Gasteiger partial charge >= 0.3 is 0 Å². The molecule has 0 fully saturated rings. The number of carbonyl (C=O) groups is 2. The summed E-state index contributed by atoms with van der Waals surface area (Å²) in [5.74, 6) is -1.01. The van der Waals surface area contributed by atoms with Crippen molar-refractivity contribution >= 4 is 33.2 Å². The zero-order valence-electron chi connectivity index (χ0n) is 21.0. The summed E-state index contributed by atoms with van der Waals surface area (Å²) in [6, 6.07) is 30.0. The van der Waals surface area contributed by atoms with Crippen molar-refractivity contribution in [3.8, 4) is 0 Å². The summed E-state index contributed by atoms with van der Waals surface area (Å²) in [5.41, 5.74) is 2.50. The number of hydrogen-bond donors (Lipinski definition) is 0. The van der Waals surface area contributed by atoms with Crippen molar-refractivity contribution in [2.24, 2.45) is 0 Å². The smallest absolute Gasteiger partial charge is 0.191 e. The second-order valence-electron chi connectivity index (χ2n) is 9.28. The number of hydrogen-bond acceptors (Lipinski definition) is 5. The molecule has 0 saturated heterocycles. The maximum absolute atomic E-state index is 13.9. The highest BCUT2D eigenvalue weighted by atomic mass is 32.2. The average Bonchev–Trinajstić information content (AvgIpc) is 2.89. The second-order valence-corrected chi connectivity index (χ2v) is 12.8. The number of rotatable bonds is 9. The molecule has 0 aliphatic heterocycles. The summed E-state index contributed by atoms with van der Waals surface area (Å²) in [5, 5.41) is 0. The van der Waals surface area contributed by atoms with Crippen LogP contribution in [0.1, 0.15) is 45.2 Å². The molecule has 0 saturated carbocycles. The maximum atomic E-state index is 13.9. The van der Waals surface area contributed by atoms with E-state index in [4.69, 9.17) is 0 Å². The van der Waals surface area contributed by atoms with Crippen LogP contribution < -0.4 is 0 Å². The van der Waals surface area contributed by atoms with Gasteiger partial charge in [0.25, 0.3) is 0 Å². The molecule has 4 aromatic carbocycles. The van der Waals surface area contributed by atoms with Crippen molar-refractivity contribution in [1.29, 1.82) is 0 Å². The van der Waals surface area contributed by atoms with Crippen molar-refractivity contribution in [2.45, 2.75) is 46.6 Å². The molecule has 188 valence electrons. The Morgan fingerprint density at radius 3 is 1.73 bits per heavy atom. The van der Waals surface area contributed by atoms with E-state index in [1.54, 1.807) is 72.4 Å². The molecule has 0 aromatic heterocycles. The number of ketones is 2. The Hall–Kier alpha value is -3.48. The van der Waals surface area contributed by atoms with Gasteiger partial charge in [-0.15, -0.1) is 0 Å². The van der Waals surface area contributed by atoms with E-state index in [2.05, 4.69) is 0 Å². The predicted octanol–water partition coefficient (Wildman–Crippen LogP) is 7.14. The molecule has 1 atom stereocenters. The Balaban J connectivity index is 1.71. The molecule has 1 unspecified atom stereocenters. The SMILES string of the molecule is Cc1ccc(C(=O)CC(C)(C(=O)c2ccc(Sc3ccccc3)cc2)S(=O)(=O)c2ccc(C)cc2)cc1. The largest absolute Gasteiger partial charge is 0.294 e. The molecular formula is C31H28O4S2. The Kier molecular flexibility index (Phi) is 7.81. The summed E-state index contributed by atoms with van der Waals surface area (Å²) < 4.78 is 25.9. The Morgan fingerprint density at radius 2 is 1.16 bits per heavy atom. The minimum Gasteiger partial charge on any atom is -0.294 e. The zero-order valence-corrected chi connectivity index (χ0v) is 22.6. The van der Waals surface area contributed by atoms with E-state index in [9.17, 15) is 18.0 Å². The van der Waals surface area contributed by atoms with Crippen molar-refractivity contribution in [3.63, 3.8) is 0 Å². The third kappa shape index (κ3) is 5.76. The lowest BCUT2D eigenvalue weighted by Crippen LogP contribution is -2.45. The van der Waals surface area contributed by atoms with Crippen LogP contribution in [-0.2, 0) is 9.84 Å². The number of carbonyl (C=O) groups excluding carboxylic acids is 2. The molecule has 4 nitrogen and oxygen atoms in total. The summed E-state index contributed by atoms with van der Waals surface area (Å²) in [4.78, 5) is 29.2. The minimum atomic E-state index is -4.21. The maximum Gasteiger partial charge on any atom is 0.191 e. The van der Waals surface area contributed by atoms with E-state index in [0.717, 1.165) is 20.9 Å². The van der Waals surface area contributed by atoms with Crippen molar-refractivity contribution in [3.05, 3.63) is 125 Å². The first-order valence-electron chi connectivity index (χ1n) is 11.9. The summed E-state index contributed by atoms with van der Waals surface area (Å²) in [6.45, 7) is 5.13. The lowest BCUT2D eigenvalue weighted by atomic mass is 9.91. The van der Waals surface area contributed by atoms with Gasteiger partial charge in [0, 0.05) is 27.3 Å². The van der Waals surface area contributed by atoms with Gasteiger partial charge in [0.05, 0.1) is 4.90 Å². The molecule has 0 heterocycles. The zero-order chi connectivity index (χ0) is 26.6. The van der Waals surface area contributed by atoms with Crippen molar-refractivity contribution < 1.29 is 18.0 Å². The molecule has 4 aromatic rings. The van der Waals surface area contributed by atoms with Gasteiger partial charge < -0.3 is 0 Å². The minimum absolute atomic E-state index is 0.0157. The average molecular weight is 529 g/mol. The van der Waals surface area contributed by atoms with Crippen LogP contribution in [0.2, 0.25) is 0 Å². The first kappa shape index (κ1) is 26.6. The predicted molar refractivity (Wildman–Crippen MR) is 148 cm³/mol. The van der Waals surface area contributed by atoms with Crippen LogP contribution in [-0.4, -0.2) is 24.7 Å². The number of sulfone groups is 1. The van der Waals surface area contributed by atoms with Crippen LogP contribution in [0.5, 0.6) is 0 Å². The molecule has 6 heteroatoms. The van der Waals surface area contributed by atoms with E-state index in [0.29, 0.717) is 5.56 Å². The fourth-order valence-electron chi connectivity index (χ4n) is 4.03. The van der Waals surface area contributed by atoms with E-state index < -0.39 is 32.6 Å². The van der Waals surface area contributed by atoms with Crippen LogP contribution in [0.3, 0.4) is 0 Å². The standard InChI is InChI=1S/C31H28O4S2/c1-22-9-13-24(14-10-22)29(32)21-31(3,37(34,35)28-19-11-23(2)12-20-28)30(33)25-15-17-27(18-16-25)36-26-7-5-4-6-8-26/h4-20H,21H2,1-3H3. The van der Waals surface area contributed by atoms with Gasteiger partial charge in [-0.2, -0.15) is 0 Å². The Bertz CT molecular complexity index is 1510. The number of benzene rings is 4. The highest BCUT2D eigenvalue weighted by molar-refractivity contribution is 7.99. The Labute approximate surface area is 222 Å². The Morgan fingerprint density at radius 1 is 0.676 bits per heavy atom. The number of Topliss-reactive ketones (excluding diaryl/α,β-unsaturated/α-hetero) is 2. The van der Waals surface area contributed by atoms with Gasteiger partial charge in [-0.1, -0.05) is 89.6 Å². The number of aryl methyl sites for hydroxylation is 2. The van der Waals surface area contributed by atoms with E-state index in [1.165, 1.54) is 19.1 Å². The van der Waals surface area contributed by atoms with Crippen LogP contribution in [0, 0.1) is 13.8 Å². The molecule has 37 heavy (non-hydrogen) atoms. The van der Waals surface area contributed by atoms with E-state index in [-0.39, 0.29) is 10.5 Å². The third-order valence-electron chi connectivity index (χ3n) is 6.37. The molecule has 0 N–H and O–H groups in total. The fourth-order valence-corrected chi connectivity index (χ4v) is 6.56. The van der Waals surface area contributed by atoms with Crippen LogP contribution >= 0.6 is 11.8 Å². The highest BCUT2D eigenvalue weighted by Crippen LogP contribution is 2.35. The third-order valence-corrected chi connectivity index (χ3v) is 9.80. The highest BCUT2D eigenvalue weighted by Gasteiger charge is 2.48. The summed E-state index contributed by atoms with van der Waals surface area (Å²) >= 11 is 1.54. The van der Waals surface area contributed by atoms with Gasteiger partial charge in [-0.05, 0) is 57.2 Å². The first-order valence-corrected chi connectivity index (χ1v) is 14.2. The molecule has 0 radical (unpaired) electrons. The first-order chi connectivity index (χ1) is 17.6. The molecule has 0 spiro atoms. The fraction of sp³-hybridized carbons (Fsp3) is 0.161. The van der Waals surface area contributed by atoms with Crippen molar-refractivity contribution in [2.75, 3.05) is 0 Å². The lowest BCUT2D eigenvalue weighted by Gasteiger charge is -2.28. The van der Waals surface area contributed by atoms with Gasteiger partial charge in [-0.3, -0.25) is 9.59 Å². The summed E-state index contributed by atoms with van der Waals surface area (Å²) in [6.07, 6.45) is -0.467. The molecule has 0 bridgehead atoms. The normalized spacial score (nSPS) is 13.1. The molecule has 4 rings (SSSR count). The topological polar surface area (TPSA) is 68.3 Å². The monoisotopic (exact) mass is 528 g/mol. The van der Waals surface area contributed by atoms with Gasteiger partial charge in [0.2, 0.25) is 0 Å². The van der Waals surface area contributed by atoms with Crippen LogP contribution in [0.15, 0.2) is 118 Å². The van der Waals surface area contributed by atoms with Crippen LogP contribution in [0.25, 0.3) is 0 Å². The molecule has 0 aliphatic rings. The molecular weight excluding hydrogens is 500 g/mol. The van der Waals surface area contributed by atoms with E-state index >= 15 is 0 Å². The molecule has 0 aliphatic carbocycles. The van der Waals surface area contributed by atoms with Gasteiger partial charge in [0.1, 0.15) is 4.75 Å².